The lowest BCUT2D eigenvalue weighted by Gasteiger charge is -2.61. The van der Waals surface area contributed by atoms with Crippen LogP contribution in [0.15, 0.2) is 41.9 Å². The number of hydrogen-bond donors (Lipinski definition) is 2. The van der Waals surface area contributed by atoms with Crippen LogP contribution in [0.5, 0.6) is 0 Å². The molecule has 3 atom stereocenters. The van der Waals surface area contributed by atoms with Gasteiger partial charge in [0.05, 0.1) is 6.42 Å². The van der Waals surface area contributed by atoms with Crippen LogP contribution < -0.4 is 0 Å². The summed E-state index contributed by atoms with van der Waals surface area (Å²) in [7, 11) is 0. The predicted octanol–water partition coefficient (Wildman–Crippen LogP) is 6.02. The molecule has 4 aliphatic rings. The average molecular weight is 463 g/mol. The van der Waals surface area contributed by atoms with E-state index in [1.54, 1.807) is 11.3 Å². The summed E-state index contributed by atoms with van der Waals surface area (Å²) >= 11 is 1.74. The van der Waals surface area contributed by atoms with E-state index in [2.05, 4.69) is 58.7 Å². The summed E-state index contributed by atoms with van der Waals surface area (Å²) in [6.45, 7) is 2.16. The third-order valence-corrected chi connectivity index (χ3v) is 9.31. The van der Waals surface area contributed by atoms with E-state index in [0.717, 1.165) is 37.6 Å². The molecule has 1 amide bonds. The maximum Gasteiger partial charge on any atom is 0.303 e. The number of nitrogens with one attached hydrogen (secondary N) is 1. The molecule has 6 heteroatoms. The van der Waals surface area contributed by atoms with Crippen molar-refractivity contribution in [2.45, 2.75) is 69.9 Å². The number of carboxylic acid groups (broad SMARTS) is 1. The molecule has 2 N–H and O–H groups in total. The van der Waals surface area contributed by atoms with E-state index >= 15 is 0 Å². The first-order chi connectivity index (χ1) is 15.9. The Labute approximate surface area is 197 Å². The van der Waals surface area contributed by atoms with Gasteiger partial charge < -0.3 is 15.0 Å². The third kappa shape index (κ3) is 3.50. The lowest BCUT2D eigenvalue weighted by molar-refractivity contribution is -0.163. The predicted molar refractivity (Wildman–Crippen MR) is 130 cm³/mol. The van der Waals surface area contributed by atoms with Crippen molar-refractivity contribution >= 4 is 34.1 Å². The third-order valence-electron chi connectivity index (χ3n) is 8.41. The number of aromatic nitrogens is 1. The molecule has 2 saturated heterocycles. The van der Waals surface area contributed by atoms with Crippen LogP contribution in [-0.4, -0.2) is 39.0 Å². The number of thiophene rings is 1. The number of carboxylic acids is 1. The number of aromatic amines is 1. The Morgan fingerprint density at radius 3 is 2.67 bits per heavy atom. The zero-order chi connectivity index (χ0) is 22.7. The van der Waals surface area contributed by atoms with E-state index in [-0.39, 0.29) is 35.7 Å². The van der Waals surface area contributed by atoms with Crippen LogP contribution in [0, 0.1) is 11.3 Å². The van der Waals surface area contributed by atoms with E-state index < -0.39 is 5.97 Å². The molecular formula is C27H30N2O3S. The normalized spacial score (nSPS) is 29.0. The zero-order valence-electron chi connectivity index (χ0n) is 18.9. The fraction of sp³-hybridized carbons (Fsp3) is 0.481. The molecular weight excluding hydrogens is 432 g/mol. The van der Waals surface area contributed by atoms with Gasteiger partial charge in [-0.05, 0) is 72.4 Å². The number of piperidine rings is 2. The lowest BCUT2D eigenvalue weighted by Crippen LogP contribution is -2.63. The number of H-pyrrole nitrogens is 1. The Kier molecular flexibility index (Phi) is 4.91. The van der Waals surface area contributed by atoms with Gasteiger partial charge >= 0.3 is 5.97 Å². The number of carbonyl (C=O) groups excluding carboxylic acids is 1. The fourth-order valence-electron chi connectivity index (χ4n) is 7.44. The van der Waals surface area contributed by atoms with Gasteiger partial charge in [0.1, 0.15) is 0 Å². The minimum Gasteiger partial charge on any atom is -0.481 e. The smallest absolute Gasteiger partial charge is 0.303 e. The van der Waals surface area contributed by atoms with E-state index in [4.69, 9.17) is 0 Å². The van der Waals surface area contributed by atoms with E-state index in [9.17, 15) is 14.7 Å². The van der Waals surface area contributed by atoms with Crippen molar-refractivity contribution < 1.29 is 14.7 Å². The van der Waals surface area contributed by atoms with Crippen LogP contribution in [0.25, 0.3) is 21.3 Å². The van der Waals surface area contributed by atoms with Gasteiger partial charge in [-0.3, -0.25) is 9.59 Å². The van der Waals surface area contributed by atoms with Gasteiger partial charge in [0.2, 0.25) is 5.91 Å². The van der Waals surface area contributed by atoms with Crippen molar-refractivity contribution in [3.63, 3.8) is 0 Å². The molecule has 172 valence electrons. The summed E-state index contributed by atoms with van der Waals surface area (Å²) in [4.78, 5) is 32.0. The summed E-state index contributed by atoms with van der Waals surface area (Å²) in [5, 5.41) is 12.8. The van der Waals surface area contributed by atoms with Crippen molar-refractivity contribution in [1.29, 1.82) is 0 Å². The maximum atomic E-state index is 13.6. The number of nitrogens with zero attached hydrogens (tertiary/aromatic N) is 1. The number of aliphatic carboxylic acids is 1. The molecule has 3 aromatic rings. The molecule has 4 fully saturated rings. The molecule has 33 heavy (non-hydrogen) atoms. The minimum atomic E-state index is -0.690. The minimum absolute atomic E-state index is 0.0861. The van der Waals surface area contributed by atoms with Gasteiger partial charge in [0, 0.05) is 46.0 Å². The van der Waals surface area contributed by atoms with Crippen LogP contribution in [0.2, 0.25) is 0 Å². The van der Waals surface area contributed by atoms with Crippen LogP contribution in [-0.2, 0) is 9.59 Å². The van der Waals surface area contributed by atoms with Gasteiger partial charge in [-0.1, -0.05) is 25.1 Å². The Balaban J connectivity index is 1.25. The second-order valence-electron chi connectivity index (χ2n) is 10.7. The molecule has 3 unspecified atom stereocenters. The Morgan fingerprint density at radius 2 is 1.97 bits per heavy atom. The number of carbonyl (C=O) groups is 2. The highest BCUT2D eigenvalue weighted by Crippen LogP contribution is 2.58. The SMILES string of the molecule is CC(CC(=O)N1C2CC3CC1CC(CC(=O)O)(C3)C2)c1c[nH]c2cccc(-c3cccs3)c12. The Hall–Kier alpha value is -2.60. The summed E-state index contributed by atoms with van der Waals surface area (Å²) in [6.07, 6.45) is 7.69. The number of amides is 1. The standard InChI is InChI=1S/C27H30N2O3S/c1-16(21-15-28-22-5-2-4-20(26(21)22)23-6-3-7-33-23)8-24(30)29-18-9-17-10-19(29)13-27(11-17,12-18)14-25(31)32/h2-7,15-19,28H,8-14H2,1H3,(H,31,32). The van der Waals surface area contributed by atoms with Crippen LogP contribution in [0.4, 0.5) is 0 Å². The molecule has 4 bridgehead atoms. The maximum absolute atomic E-state index is 13.6. The molecule has 4 heterocycles. The Morgan fingerprint density at radius 1 is 1.18 bits per heavy atom. The molecule has 0 radical (unpaired) electrons. The van der Waals surface area contributed by atoms with Crippen molar-refractivity contribution in [2.24, 2.45) is 11.3 Å². The molecule has 2 aliphatic carbocycles. The van der Waals surface area contributed by atoms with Gasteiger partial charge in [-0.15, -0.1) is 11.3 Å². The molecule has 0 spiro atoms. The van der Waals surface area contributed by atoms with Crippen LogP contribution >= 0.6 is 11.3 Å². The number of hydrogen-bond acceptors (Lipinski definition) is 3. The molecule has 7 rings (SSSR count). The largest absolute Gasteiger partial charge is 0.481 e. The number of fused-ring (bicyclic) bond motifs is 1. The molecule has 5 nitrogen and oxygen atoms in total. The van der Waals surface area contributed by atoms with Crippen LogP contribution in [0.3, 0.4) is 0 Å². The van der Waals surface area contributed by atoms with Crippen LogP contribution in [0.1, 0.15) is 63.4 Å². The topological polar surface area (TPSA) is 73.4 Å². The van der Waals surface area contributed by atoms with Gasteiger partial charge in [0.25, 0.3) is 0 Å². The van der Waals surface area contributed by atoms with Gasteiger partial charge in [-0.25, -0.2) is 0 Å². The molecule has 1 aromatic carbocycles. The van der Waals surface area contributed by atoms with Crippen molar-refractivity contribution in [3.05, 3.63) is 47.5 Å². The monoisotopic (exact) mass is 462 g/mol. The second-order valence-corrected chi connectivity index (χ2v) is 11.6. The quantitative estimate of drug-likeness (QED) is 0.470. The van der Waals surface area contributed by atoms with Crippen molar-refractivity contribution in [3.8, 4) is 10.4 Å². The summed E-state index contributed by atoms with van der Waals surface area (Å²) in [6, 6.07) is 11.0. The zero-order valence-corrected chi connectivity index (χ0v) is 19.7. The highest BCUT2D eigenvalue weighted by atomic mass is 32.1. The van der Waals surface area contributed by atoms with E-state index in [1.807, 2.05) is 0 Å². The number of benzene rings is 1. The second kappa shape index (κ2) is 7.73. The van der Waals surface area contributed by atoms with E-state index in [1.165, 1.54) is 21.4 Å². The lowest BCUT2D eigenvalue weighted by atomic mass is 9.54. The highest BCUT2D eigenvalue weighted by molar-refractivity contribution is 7.13. The summed E-state index contributed by atoms with van der Waals surface area (Å²) in [5.74, 6) is 0.247. The number of rotatable bonds is 6. The summed E-state index contributed by atoms with van der Waals surface area (Å²) < 4.78 is 0. The van der Waals surface area contributed by atoms with Gasteiger partial charge in [-0.2, -0.15) is 0 Å². The molecule has 2 saturated carbocycles. The molecule has 2 aromatic heterocycles. The summed E-state index contributed by atoms with van der Waals surface area (Å²) in [5.41, 5.74) is 3.45. The Bertz CT molecular complexity index is 1200. The highest BCUT2D eigenvalue weighted by Gasteiger charge is 2.56. The van der Waals surface area contributed by atoms with Gasteiger partial charge in [0.15, 0.2) is 0 Å². The first-order valence-electron chi connectivity index (χ1n) is 12.1. The van der Waals surface area contributed by atoms with Crippen molar-refractivity contribution in [1.82, 2.24) is 9.88 Å². The first kappa shape index (κ1) is 21.0. The van der Waals surface area contributed by atoms with E-state index in [0.29, 0.717) is 12.3 Å². The average Bonchev–Trinajstić information content (AvgIpc) is 3.42. The van der Waals surface area contributed by atoms with Crippen molar-refractivity contribution in [2.75, 3.05) is 0 Å². The fourth-order valence-corrected chi connectivity index (χ4v) is 8.20. The molecule has 2 aliphatic heterocycles. The first-order valence-corrected chi connectivity index (χ1v) is 13.0.